The van der Waals surface area contributed by atoms with Crippen LogP contribution in [0.5, 0.6) is 5.75 Å². The van der Waals surface area contributed by atoms with Gasteiger partial charge in [0.05, 0.1) is 12.8 Å². The van der Waals surface area contributed by atoms with E-state index in [0.29, 0.717) is 0 Å². The highest BCUT2D eigenvalue weighted by molar-refractivity contribution is 6.30. The van der Waals surface area contributed by atoms with Crippen LogP contribution in [0.25, 0.3) is 16.8 Å². The lowest BCUT2D eigenvalue weighted by Gasteiger charge is -2.37. The molecule has 0 atom stereocenters. The van der Waals surface area contributed by atoms with Crippen molar-refractivity contribution in [3.05, 3.63) is 71.5 Å². The molecular formula is C24H24ClN5O. The van der Waals surface area contributed by atoms with E-state index < -0.39 is 0 Å². The first kappa shape index (κ1) is 19.7. The molecule has 2 aromatic heterocycles. The molecule has 0 N–H and O–H groups in total. The van der Waals surface area contributed by atoms with Crippen LogP contribution in [0.3, 0.4) is 0 Å². The van der Waals surface area contributed by atoms with Crippen molar-refractivity contribution < 1.29 is 4.74 Å². The summed E-state index contributed by atoms with van der Waals surface area (Å²) in [6.07, 6.45) is 3.71. The van der Waals surface area contributed by atoms with Gasteiger partial charge < -0.3 is 14.5 Å². The topological polar surface area (TPSA) is 45.9 Å². The average Bonchev–Trinajstić information content (AvgIpc) is 3.25. The molecule has 0 saturated carbocycles. The first-order valence-corrected chi connectivity index (χ1v) is 10.7. The maximum Gasteiger partial charge on any atom is 0.154 e. The van der Waals surface area contributed by atoms with Gasteiger partial charge in [0.25, 0.3) is 0 Å². The second kappa shape index (κ2) is 8.12. The lowest BCUT2D eigenvalue weighted by molar-refractivity contribution is 0.415. The lowest BCUT2D eigenvalue weighted by Crippen LogP contribution is -2.47. The predicted molar refractivity (Wildman–Crippen MR) is 126 cm³/mol. The van der Waals surface area contributed by atoms with E-state index >= 15 is 0 Å². The Morgan fingerprint density at radius 1 is 0.968 bits per heavy atom. The number of halogens is 1. The Morgan fingerprint density at radius 2 is 1.77 bits per heavy atom. The number of hydrogen-bond donors (Lipinski definition) is 0. The zero-order valence-electron chi connectivity index (χ0n) is 17.6. The van der Waals surface area contributed by atoms with Crippen LogP contribution in [0, 0.1) is 6.92 Å². The summed E-state index contributed by atoms with van der Waals surface area (Å²) in [5.41, 5.74) is 5.39. The molecule has 1 saturated heterocycles. The molecule has 1 aliphatic heterocycles. The smallest absolute Gasteiger partial charge is 0.154 e. The van der Waals surface area contributed by atoms with Crippen molar-refractivity contribution in [2.45, 2.75) is 6.92 Å². The van der Waals surface area contributed by atoms with E-state index in [1.165, 1.54) is 11.3 Å². The summed E-state index contributed by atoms with van der Waals surface area (Å²) in [4.78, 5) is 9.44. The first-order chi connectivity index (χ1) is 15.1. The summed E-state index contributed by atoms with van der Waals surface area (Å²) >= 11 is 6.23. The molecule has 1 fully saturated rings. The van der Waals surface area contributed by atoms with Crippen LogP contribution in [0.2, 0.25) is 5.02 Å². The standard InChI is InChI=1S/C24H24ClN5O/c1-17-6-7-19(25)15-22(17)28-10-12-29(13-11-28)24-23-16-21(27-30(23)9-8-26-24)18-4-3-5-20(14-18)31-2/h3-9,14-16H,10-13H2,1-2H3. The zero-order chi connectivity index (χ0) is 21.4. The molecule has 0 radical (unpaired) electrons. The number of methoxy groups -OCH3 is 1. The van der Waals surface area contributed by atoms with Crippen molar-refractivity contribution in [2.75, 3.05) is 43.1 Å². The van der Waals surface area contributed by atoms with Gasteiger partial charge in [0.2, 0.25) is 0 Å². The minimum Gasteiger partial charge on any atom is -0.497 e. The fourth-order valence-corrected chi connectivity index (χ4v) is 4.32. The molecule has 1 aliphatic rings. The van der Waals surface area contributed by atoms with E-state index in [9.17, 15) is 0 Å². The number of piperazine rings is 1. The van der Waals surface area contributed by atoms with Gasteiger partial charge in [0, 0.05) is 54.8 Å². The summed E-state index contributed by atoms with van der Waals surface area (Å²) in [5, 5.41) is 5.54. The first-order valence-electron chi connectivity index (χ1n) is 10.4. The van der Waals surface area contributed by atoms with E-state index in [1.54, 1.807) is 7.11 Å². The third-order valence-corrected chi connectivity index (χ3v) is 6.06. The number of benzene rings is 2. The summed E-state index contributed by atoms with van der Waals surface area (Å²) < 4.78 is 7.27. The van der Waals surface area contributed by atoms with E-state index in [2.05, 4.69) is 34.9 Å². The molecule has 3 heterocycles. The Kier molecular flexibility index (Phi) is 5.16. The van der Waals surface area contributed by atoms with Gasteiger partial charge in [-0.25, -0.2) is 9.50 Å². The fraction of sp³-hybridized carbons (Fsp3) is 0.250. The number of aromatic nitrogens is 3. The van der Waals surface area contributed by atoms with Crippen LogP contribution in [0.1, 0.15) is 5.56 Å². The number of fused-ring (bicyclic) bond motifs is 1. The van der Waals surface area contributed by atoms with Crippen molar-refractivity contribution in [3.8, 4) is 17.0 Å². The Bertz CT molecular complexity index is 1230. The Morgan fingerprint density at radius 3 is 2.58 bits per heavy atom. The van der Waals surface area contributed by atoms with Crippen molar-refractivity contribution in [1.82, 2.24) is 14.6 Å². The molecule has 2 aromatic carbocycles. The van der Waals surface area contributed by atoms with Crippen LogP contribution < -0.4 is 14.5 Å². The summed E-state index contributed by atoms with van der Waals surface area (Å²) in [6, 6.07) is 16.2. The van der Waals surface area contributed by atoms with Gasteiger partial charge in [-0.2, -0.15) is 5.10 Å². The van der Waals surface area contributed by atoms with Gasteiger partial charge in [-0.1, -0.05) is 29.8 Å². The molecule has 4 aromatic rings. The zero-order valence-corrected chi connectivity index (χ0v) is 18.4. The third-order valence-electron chi connectivity index (χ3n) is 5.83. The molecule has 0 aliphatic carbocycles. The highest BCUT2D eigenvalue weighted by atomic mass is 35.5. The van der Waals surface area contributed by atoms with E-state index in [4.69, 9.17) is 26.4 Å². The molecule has 158 valence electrons. The van der Waals surface area contributed by atoms with E-state index in [1.807, 2.05) is 47.2 Å². The molecule has 0 unspecified atom stereocenters. The Balaban J connectivity index is 1.41. The van der Waals surface area contributed by atoms with Crippen molar-refractivity contribution in [3.63, 3.8) is 0 Å². The molecule has 0 spiro atoms. The Labute approximate surface area is 186 Å². The largest absolute Gasteiger partial charge is 0.497 e. The second-order valence-electron chi connectivity index (χ2n) is 7.75. The van der Waals surface area contributed by atoms with Crippen LogP contribution in [-0.2, 0) is 0 Å². The van der Waals surface area contributed by atoms with E-state index in [0.717, 1.165) is 59.5 Å². The van der Waals surface area contributed by atoms with Crippen molar-refractivity contribution >= 4 is 28.6 Å². The van der Waals surface area contributed by atoms with Gasteiger partial charge in [-0.15, -0.1) is 0 Å². The number of ether oxygens (including phenoxy) is 1. The quantitative estimate of drug-likeness (QED) is 0.467. The SMILES string of the molecule is COc1cccc(-c2cc3c(N4CCN(c5cc(Cl)ccc5C)CC4)nccn3n2)c1. The molecule has 0 amide bonds. The fourth-order valence-electron chi connectivity index (χ4n) is 4.16. The summed E-state index contributed by atoms with van der Waals surface area (Å²) in [7, 11) is 1.68. The summed E-state index contributed by atoms with van der Waals surface area (Å²) in [5.74, 6) is 1.78. The van der Waals surface area contributed by atoms with Crippen LogP contribution in [0.15, 0.2) is 60.9 Å². The van der Waals surface area contributed by atoms with Gasteiger partial charge in [-0.05, 0) is 42.8 Å². The second-order valence-corrected chi connectivity index (χ2v) is 8.18. The molecular weight excluding hydrogens is 410 g/mol. The van der Waals surface area contributed by atoms with Gasteiger partial charge in [0.15, 0.2) is 5.82 Å². The number of aryl methyl sites for hydroxylation is 1. The molecule has 6 nitrogen and oxygen atoms in total. The Hall–Kier alpha value is -3.25. The highest BCUT2D eigenvalue weighted by Gasteiger charge is 2.22. The minimum atomic E-state index is 0.777. The maximum absolute atomic E-state index is 6.23. The minimum absolute atomic E-state index is 0.777. The third kappa shape index (κ3) is 3.79. The van der Waals surface area contributed by atoms with Gasteiger partial charge in [-0.3, -0.25) is 0 Å². The molecule has 31 heavy (non-hydrogen) atoms. The molecule has 5 rings (SSSR count). The predicted octanol–water partition coefficient (Wildman–Crippen LogP) is 4.69. The molecule has 0 bridgehead atoms. The number of hydrogen-bond acceptors (Lipinski definition) is 5. The van der Waals surface area contributed by atoms with E-state index in [-0.39, 0.29) is 0 Å². The van der Waals surface area contributed by atoms with Crippen LogP contribution >= 0.6 is 11.6 Å². The lowest BCUT2D eigenvalue weighted by atomic mass is 10.1. The molecule has 7 heteroatoms. The highest BCUT2D eigenvalue weighted by Crippen LogP contribution is 2.29. The monoisotopic (exact) mass is 433 g/mol. The van der Waals surface area contributed by atoms with Gasteiger partial charge >= 0.3 is 0 Å². The number of nitrogens with zero attached hydrogens (tertiary/aromatic N) is 5. The van der Waals surface area contributed by atoms with Gasteiger partial charge in [0.1, 0.15) is 11.3 Å². The van der Waals surface area contributed by atoms with Crippen molar-refractivity contribution in [2.24, 2.45) is 0 Å². The van der Waals surface area contributed by atoms with Crippen molar-refractivity contribution in [1.29, 1.82) is 0 Å². The average molecular weight is 434 g/mol. The van der Waals surface area contributed by atoms with Crippen LogP contribution in [0.4, 0.5) is 11.5 Å². The normalized spacial score (nSPS) is 14.3. The van der Waals surface area contributed by atoms with Crippen LogP contribution in [-0.4, -0.2) is 47.9 Å². The number of rotatable bonds is 4. The summed E-state index contributed by atoms with van der Waals surface area (Å²) in [6.45, 7) is 5.74. The number of anilines is 2. The maximum atomic E-state index is 6.23.